The Labute approximate surface area is 178 Å². The highest BCUT2D eigenvalue weighted by atomic mass is 16.5. The number of aryl methyl sites for hydroxylation is 2. The molecule has 1 amide bonds. The third kappa shape index (κ3) is 4.74. The van der Waals surface area contributed by atoms with Crippen molar-refractivity contribution in [3.63, 3.8) is 0 Å². The van der Waals surface area contributed by atoms with Gasteiger partial charge in [0, 0.05) is 38.0 Å². The molecule has 0 unspecified atom stereocenters. The van der Waals surface area contributed by atoms with Gasteiger partial charge in [-0.1, -0.05) is 30.8 Å². The molecule has 30 heavy (non-hydrogen) atoms. The number of hydrogen-bond acceptors (Lipinski definition) is 7. The van der Waals surface area contributed by atoms with Crippen LogP contribution in [-0.4, -0.2) is 63.3 Å². The van der Waals surface area contributed by atoms with Gasteiger partial charge in [0.15, 0.2) is 5.69 Å². The van der Waals surface area contributed by atoms with Crippen LogP contribution >= 0.6 is 0 Å². The lowest BCUT2D eigenvalue weighted by Gasteiger charge is -2.49. The van der Waals surface area contributed by atoms with E-state index < -0.39 is 0 Å². The second kappa shape index (κ2) is 9.29. The maximum absolute atomic E-state index is 12.9. The van der Waals surface area contributed by atoms with Gasteiger partial charge in [0.05, 0.1) is 0 Å². The molecule has 2 fully saturated rings. The fourth-order valence-corrected chi connectivity index (χ4v) is 5.01. The van der Waals surface area contributed by atoms with Crippen molar-refractivity contribution in [3.05, 3.63) is 17.7 Å². The lowest BCUT2D eigenvalue weighted by Crippen LogP contribution is -2.58. The standard InChI is InChI=1S/C22H33N5O3/c1-17-15-18(25-30-17)21-24-23-19(29-21)9-10-20(28)26(2)16-22(11-5-3-6-12-22)27-13-7-4-8-14-27/h15H,3-14,16H2,1-2H3. The summed E-state index contributed by atoms with van der Waals surface area (Å²) in [6.07, 6.45) is 11.0. The summed E-state index contributed by atoms with van der Waals surface area (Å²) >= 11 is 0. The van der Waals surface area contributed by atoms with E-state index in [-0.39, 0.29) is 11.4 Å². The van der Waals surface area contributed by atoms with E-state index in [0.29, 0.717) is 36.1 Å². The molecule has 3 heterocycles. The summed E-state index contributed by atoms with van der Waals surface area (Å²) in [6.45, 7) is 4.98. The molecule has 164 valence electrons. The number of piperidine rings is 1. The van der Waals surface area contributed by atoms with E-state index in [1.54, 1.807) is 6.07 Å². The summed E-state index contributed by atoms with van der Waals surface area (Å²) in [4.78, 5) is 17.5. The van der Waals surface area contributed by atoms with Gasteiger partial charge in [0.1, 0.15) is 5.76 Å². The minimum Gasteiger partial charge on any atom is -0.419 e. The minimum absolute atomic E-state index is 0.133. The lowest BCUT2D eigenvalue weighted by molar-refractivity contribution is -0.132. The zero-order valence-corrected chi connectivity index (χ0v) is 18.2. The summed E-state index contributed by atoms with van der Waals surface area (Å²) in [7, 11) is 1.94. The summed E-state index contributed by atoms with van der Waals surface area (Å²) in [6, 6.07) is 1.75. The van der Waals surface area contributed by atoms with Gasteiger partial charge in [0.2, 0.25) is 11.8 Å². The number of rotatable bonds is 7. The highest BCUT2D eigenvalue weighted by Gasteiger charge is 2.39. The second-order valence-electron chi connectivity index (χ2n) is 8.91. The van der Waals surface area contributed by atoms with Crippen LogP contribution in [0.3, 0.4) is 0 Å². The number of hydrogen-bond donors (Lipinski definition) is 0. The molecule has 8 nitrogen and oxygen atoms in total. The molecule has 4 rings (SSSR count). The zero-order valence-electron chi connectivity index (χ0n) is 18.2. The van der Waals surface area contributed by atoms with Gasteiger partial charge in [-0.25, -0.2) is 0 Å². The van der Waals surface area contributed by atoms with Crippen molar-refractivity contribution in [3.8, 4) is 11.6 Å². The maximum Gasteiger partial charge on any atom is 0.269 e. The van der Waals surface area contributed by atoms with Gasteiger partial charge in [-0.15, -0.1) is 10.2 Å². The SMILES string of the molecule is Cc1cc(-c2nnc(CCC(=O)N(C)CC3(N4CCCCC4)CCCCC3)o2)no1. The first-order chi connectivity index (χ1) is 14.6. The molecule has 8 heteroatoms. The molecule has 0 spiro atoms. The van der Waals surface area contributed by atoms with Crippen LogP contribution in [-0.2, 0) is 11.2 Å². The lowest BCUT2D eigenvalue weighted by atomic mass is 9.78. The Morgan fingerprint density at radius 2 is 1.87 bits per heavy atom. The average Bonchev–Trinajstić information content (AvgIpc) is 3.42. The minimum atomic E-state index is 0.133. The van der Waals surface area contributed by atoms with E-state index in [9.17, 15) is 4.79 Å². The highest BCUT2D eigenvalue weighted by Crippen LogP contribution is 2.36. The Balaban J connectivity index is 1.34. The van der Waals surface area contributed by atoms with E-state index in [2.05, 4.69) is 20.3 Å². The molecular formula is C22H33N5O3. The Bertz CT molecular complexity index is 833. The van der Waals surface area contributed by atoms with Crippen molar-refractivity contribution in [2.75, 3.05) is 26.7 Å². The van der Waals surface area contributed by atoms with Gasteiger partial charge in [0.25, 0.3) is 5.89 Å². The van der Waals surface area contributed by atoms with Crippen molar-refractivity contribution in [2.45, 2.75) is 76.7 Å². The third-order valence-corrected chi connectivity index (χ3v) is 6.64. The first-order valence-corrected chi connectivity index (χ1v) is 11.3. The molecule has 2 aliphatic rings. The van der Waals surface area contributed by atoms with Crippen molar-refractivity contribution >= 4 is 5.91 Å². The van der Waals surface area contributed by atoms with Gasteiger partial charge in [-0.2, -0.15) is 0 Å². The monoisotopic (exact) mass is 415 g/mol. The molecule has 2 aromatic heterocycles. The number of aromatic nitrogens is 3. The van der Waals surface area contributed by atoms with Crippen molar-refractivity contribution in [1.29, 1.82) is 0 Å². The summed E-state index contributed by atoms with van der Waals surface area (Å²) in [5, 5.41) is 12.0. The quantitative estimate of drug-likeness (QED) is 0.682. The van der Waals surface area contributed by atoms with E-state index in [4.69, 9.17) is 8.94 Å². The third-order valence-electron chi connectivity index (χ3n) is 6.64. The van der Waals surface area contributed by atoms with Crippen molar-refractivity contribution in [2.24, 2.45) is 0 Å². The Morgan fingerprint density at radius 1 is 1.13 bits per heavy atom. The van der Waals surface area contributed by atoms with Crippen molar-refractivity contribution in [1.82, 2.24) is 25.2 Å². The normalized spacial score (nSPS) is 19.7. The van der Waals surface area contributed by atoms with Crippen LogP contribution in [0.1, 0.15) is 69.4 Å². The topological polar surface area (TPSA) is 88.5 Å². The fourth-order valence-electron chi connectivity index (χ4n) is 5.01. The fraction of sp³-hybridized carbons (Fsp3) is 0.727. The molecule has 1 saturated carbocycles. The molecule has 2 aromatic rings. The maximum atomic E-state index is 12.9. The number of nitrogens with zero attached hydrogens (tertiary/aromatic N) is 5. The molecular weight excluding hydrogens is 382 g/mol. The predicted octanol–water partition coefficient (Wildman–Crippen LogP) is 3.61. The van der Waals surface area contributed by atoms with Crippen molar-refractivity contribution < 1.29 is 13.7 Å². The number of likely N-dealkylation sites (tertiary alicyclic amines) is 1. The first-order valence-electron chi connectivity index (χ1n) is 11.3. The van der Waals surface area contributed by atoms with E-state index in [1.807, 2.05) is 18.9 Å². The molecule has 0 N–H and O–H groups in total. The zero-order chi connectivity index (χ0) is 21.0. The number of likely N-dealkylation sites (N-methyl/N-ethyl adjacent to an activating group) is 1. The van der Waals surface area contributed by atoms with Crippen LogP contribution in [0, 0.1) is 6.92 Å². The molecule has 0 atom stereocenters. The molecule has 1 aliphatic heterocycles. The van der Waals surface area contributed by atoms with Crippen LogP contribution < -0.4 is 0 Å². The first kappa shape index (κ1) is 21.0. The van der Waals surface area contributed by atoms with Crippen LogP contribution in [0.5, 0.6) is 0 Å². The van der Waals surface area contributed by atoms with E-state index >= 15 is 0 Å². The Hall–Kier alpha value is -2.22. The predicted molar refractivity (Wildman–Crippen MR) is 112 cm³/mol. The average molecular weight is 416 g/mol. The molecule has 1 saturated heterocycles. The largest absolute Gasteiger partial charge is 0.419 e. The Morgan fingerprint density at radius 3 is 2.57 bits per heavy atom. The van der Waals surface area contributed by atoms with E-state index in [1.165, 1.54) is 64.5 Å². The summed E-state index contributed by atoms with van der Waals surface area (Å²) < 4.78 is 10.7. The molecule has 0 aromatic carbocycles. The van der Waals surface area contributed by atoms with Gasteiger partial charge < -0.3 is 13.8 Å². The van der Waals surface area contributed by atoms with Crippen LogP contribution in [0.15, 0.2) is 15.0 Å². The van der Waals surface area contributed by atoms with Crippen LogP contribution in [0.4, 0.5) is 0 Å². The number of carbonyl (C=O) groups is 1. The summed E-state index contributed by atoms with van der Waals surface area (Å²) in [5.74, 6) is 1.60. The number of amides is 1. The van der Waals surface area contributed by atoms with E-state index in [0.717, 1.165) is 6.54 Å². The van der Waals surface area contributed by atoms with Gasteiger partial charge in [-0.05, 0) is 45.7 Å². The van der Waals surface area contributed by atoms with Gasteiger partial charge in [-0.3, -0.25) is 9.69 Å². The smallest absolute Gasteiger partial charge is 0.269 e. The number of carbonyl (C=O) groups excluding carboxylic acids is 1. The Kier molecular flexibility index (Phi) is 6.51. The van der Waals surface area contributed by atoms with Crippen LogP contribution in [0.2, 0.25) is 0 Å². The molecule has 1 aliphatic carbocycles. The highest BCUT2D eigenvalue weighted by molar-refractivity contribution is 5.76. The van der Waals surface area contributed by atoms with Gasteiger partial charge >= 0.3 is 0 Å². The van der Waals surface area contributed by atoms with Crippen LogP contribution in [0.25, 0.3) is 11.6 Å². The summed E-state index contributed by atoms with van der Waals surface area (Å²) in [5.41, 5.74) is 0.682. The molecule has 0 radical (unpaired) electrons. The second-order valence-corrected chi connectivity index (χ2v) is 8.91. The molecule has 0 bridgehead atoms.